The number of nitriles is 2. The summed E-state index contributed by atoms with van der Waals surface area (Å²) in [4.78, 5) is 11.4. The number of rotatable bonds is 2. The molecule has 74 valence electrons. The summed E-state index contributed by atoms with van der Waals surface area (Å²) in [7, 11) is 0. The van der Waals surface area contributed by atoms with Crippen molar-refractivity contribution in [2.75, 3.05) is 0 Å². The van der Waals surface area contributed by atoms with Gasteiger partial charge in [0.2, 0.25) is 0 Å². The standard InChI is InChI=1S/C11H8N2O2/c1-8(6-12)15-11(14)10-4-2-9(7-13)3-5-10/h2-5,8H,1H3/t8-/m0/s1. The molecule has 0 saturated carbocycles. The number of esters is 1. The van der Waals surface area contributed by atoms with E-state index >= 15 is 0 Å². The number of ether oxygens (including phenoxy) is 1. The Morgan fingerprint density at radius 3 is 2.40 bits per heavy atom. The van der Waals surface area contributed by atoms with E-state index in [9.17, 15) is 4.79 Å². The largest absolute Gasteiger partial charge is 0.444 e. The molecule has 0 aliphatic heterocycles. The maximum absolute atomic E-state index is 11.4. The van der Waals surface area contributed by atoms with Crippen molar-refractivity contribution in [3.63, 3.8) is 0 Å². The molecular formula is C11H8N2O2. The van der Waals surface area contributed by atoms with E-state index in [2.05, 4.69) is 0 Å². The normalized spacial score (nSPS) is 10.9. The van der Waals surface area contributed by atoms with E-state index in [1.54, 1.807) is 6.07 Å². The molecule has 4 heteroatoms. The van der Waals surface area contributed by atoms with E-state index in [1.807, 2.05) is 6.07 Å². The van der Waals surface area contributed by atoms with Gasteiger partial charge in [-0.25, -0.2) is 4.79 Å². The highest BCUT2D eigenvalue weighted by molar-refractivity contribution is 5.89. The number of hydrogen-bond acceptors (Lipinski definition) is 4. The average molecular weight is 200 g/mol. The van der Waals surface area contributed by atoms with Crippen molar-refractivity contribution in [3.05, 3.63) is 35.4 Å². The molecule has 0 bridgehead atoms. The SMILES string of the molecule is C[C@@H](C#N)OC(=O)c1ccc(C#N)cc1. The molecule has 1 aromatic carbocycles. The predicted octanol–water partition coefficient (Wildman–Crippen LogP) is 1.63. The fraction of sp³-hybridized carbons (Fsp3) is 0.182. The van der Waals surface area contributed by atoms with Crippen LogP contribution in [0.25, 0.3) is 0 Å². The summed E-state index contributed by atoms with van der Waals surface area (Å²) in [6.45, 7) is 1.49. The first-order valence-electron chi connectivity index (χ1n) is 4.28. The molecule has 1 atom stereocenters. The zero-order valence-electron chi connectivity index (χ0n) is 8.10. The molecule has 0 aliphatic rings. The Morgan fingerprint density at radius 2 is 1.93 bits per heavy atom. The lowest BCUT2D eigenvalue weighted by Crippen LogP contribution is -2.12. The van der Waals surface area contributed by atoms with Crippen LogP contribution in [0.5, 0.6) is 0 Å². The molecule has 0 amide bonds. The molecule has 0 aromatic heterocycles. The van der Waals surface area contributed by atoms with Crippen LogP contribution in [0.15, 0.2) is 24.3 Å². The van der Waals surface area contributed by atoms with Gasteiger partial charge in [0.25, 0.3) is 0 Å². The van der Waals surface area contributed by atoms with Crippen molar-refractivity contribution in [3.8, 4) is 12.1 Å². The molecule has 0 N–H and O–H groups in total. The molecule has 0 fully saturated rings. The second-order valence-corrected chi connectivity index (χ2v) is 2.87. The van der Waals surface area contributed by atoms with Crippen LogP contribution < -0.4 is 0 Å². The summed E-state index contributed by atoms with van der Waals surface area (Å²) in [6, 6.07) is 9.76. The molecule has 15 heavy (non-hydrogen) atoms. The summed E-state index contributed by atoms with van der Waals surface area (Å²) in [5.74, 6) is -0.562. The van der Waals surface area contributed by atoms with Crippen LogP contribution in [0.3, 0.4) is 0 Å². The lowest BCUT2D eigenvalue weighted by molar-refractivity contribution is 0.0435. The Balaban J connectivity index is 2.76. The summed E-state index contributed by atoms with van der Waals surface area (Å²) < 4.78 is 4.78. The lowest BCUT2D eigenvalue weighted by Gasteiger charge is -2.05. The van der Waals surface area contributed by atoms with E-state index in [1.165, 1.54) is 31.2 Å². The van der Waals surface area contributed by atoms with Gasteiger partial charge < -0.3 is 4.74 Å². The molecule has 0 saturated heterocycles. The summed E-state index contributed by atoms with van der Waals surface area (Å²) in [5.41, 5.74) is 0.802. The molecule has 0 aliphatic carbocycles. The second-order valence-electron chi connectivity index (χ2n) is 2.87. The van der Waals surface area contributed by atoms with Gasteiger partial charge in [0, 0.05) is 0 Å². The molecular weight excluding hydrogens is 192 g/mol. The van der Waals surface area contributed by atoms with Crippen molar-refractivity contribution < 1.29 is 9.53 Å². The van der Waals surface area contributed by atoms with Crippen molar-refractivity contribution in [1.29, 1.82) is 10.5 Å². The molecule has 0 spiro atoms. The van der Waals surface area contributed by atoms with Crippen LogP contribution in [0.2, 0.25) is 0 Å². The van der Waals surface area contributed by atoms with E-state index < -0.39 is 12.1 Å². The van der Waals surface area contributed by atoms with Crippen molar-refractivity contribution in [2.45, 2.75) is 13.0 Å². The monoisotopic (exact) mass is 200 g/mol. The van der Waals surface area contributed by atoms with Crippen LogP contribution >= 0.6 is 0 Å². The third-order valence-electron chi connectivity index (χ3n) is 1.72. The average Bonchev–Trinajstić information content (AvgIpc) is 2.29. The Labute approximate surface area is 87.3 Å². The van der Waals surface area contributed by atoms with E-state index in [0.717, 1.165) is 0 Å². The Bertz CT molecular complexity index is 437. The van der Waals surface area contributed by atoms with Crippen LogP contribution in [0.4, 0.5) is 0 Å². The van der Waals surface area contributed by atoms with Gasteiger partial charge in [-0.3, -0.25) is 0 Å². The summed E-state index contributed by atoms with van der Waals surface area (Å²) >= 11 is 0. The van der Waals surface area contributed by atoms with Crippen LogP contribution in [0.1, 0.15) is 22.8 Å². The predicted molar refractivity (Wildman–Crippen MR) is 51.6 cm³/mol. The highest BCUT2D eigenvalue weighted by Gasteiger charge is 2.10. The number of nitrogens with zero attached hydrogens (tertiary/aromatic N) is 2. The van der Waals surface area contributed by atoms with Crippen LogP contribution in [-0.4, -0.2) is 12.1 Å². The van der Waals surface area contributed by atoms with Gasteiger partial charge in [-0.1, -0.05) is 0 Å². The van der Waals surface area contributed by atoms with Crippen molar-refractivity contribution >= 4 is 5.97 Å². The van der Waals surface area contributed by atoms with Gasteiger partial charge in [0.05, 0.1) is 17.2 Å². The summed E-state index contributed by atoms with van der Waals surface area (Å²) in [6.07, 6.45) is -0.770. The molecule has 1 aromatic rings. The Kier molecular flexibility index (Phi) is 3.43. The number of carbonyl (C=O) groups is 1. The van der Waals surface area contributed by atoms with Gasteiger partial charge in [0.15, 0.2) is 6.10 Å². The lowest BCUT2D eigenvalue weighted by atomic mass is 10.1. The number of carbonyl (C=O) groups excluding carboxylic acids is 1. The van der Waals surface area contributed by atoms with Crippen LogP contribution in [0, 0.1) is 22.7 Å². The summed E-state index contributed by atoms with van der Waals surface area (Å²) in [5, 5.41) is 17.0. The topological polar surface area (TPSA) is 73.9 Å². The first-order valence-corrected chi connectivity index (χ1v) is 4.28. The number of hydrogen-bond donors (Lipinski definition) is 0. The zero-order valence-corrected chi connectivity index (χ0v) is 8.10. The Morgan fingerprint density at radius 1 is 1.33 bits per heavy atom. The minimum absolute atomic E-state index is 0.330. The quantitative estimate of drug-likeness (QED) is 0.680. The first kappa shape index (κ1) is 10.7. The fourth-order valence-electron chi connectivity index (χ4n) is 0.936. The Hall–Kier alpha value is -2.33. The minimum Gasteiger partial charge on any atom is -0.444 e. The molecule has 0 heterocycles. The van der Waals surface area contributed by atoms with Gasteiger partial charge >= 0.3 is 5.97 Å². The maximum Gasteiger partial charge on any atom is 0.339 e. The van der Waals surface area contributed by atoms with E-state index in [4.69, 9.17) is 15.3 Å². The maximum atomic E-state index is 11.4. The van der Waals surface area contributed by atoms with Gasteiger partial charge in [-0.2, -0.15) is 10.5 Å². The van der Waals surface area contributed by atoms with Crippen LogP contribution in [-0.2, 0) is 4.74 Å². The highest BCUT2D eigenvalue weighted by Crippen LogP contribution is 2.06. The minimum atomic E-state index is -0.770. The fourth-order valence-corrected chi connectivity index (χ4v) is 0.936. The van der Waals surface area contributed by atoms with Gasteiger partial charge in [0.1, 0.15) is 6.07 Å². The molecule has 0 radical (unpaired) electrons. The van der Waals surface area contributed by atoms with E-state index in [-0.39, 0.29) is 0 Å². The second kappa shape index (κ2) is 4.78. The third kappa shape index (κ3) is 2.82. The molecule has 0 unspecified atom stereocenters. The highest BCUT2D eigenvalue weighted by atomic mass is 16.5. The first-order chi connectivity index (χ1) is 7.17. The smallest absolute Gasteiger partial charge is 0.339 e. The molecule has 1 rings (SSSR count). The van der Waals surface area contributed by atoms with Gasteiger partial charge in [-0.05, 0) is 31.2 Å². The van der Waals surface area contributed by atoms with Gasteiger partial charge in [-0.15, -0.1) is 0 Å². The van der Waals surface area contributed by atoms with E-state index in [0.29, 0.717) is 11.1 Å². The van der Waals surface area contributed by atoms with Crippen molar-refractivity contribution in [1.82, 2.24) is 0 Å². The number of benzene rings is 1. The zero-order chi connectivity index (χ0) is 11.3. The van der Waals surface area contributed by atoms with Crippen molar-refractivity contribution in [2.24, 2.45) is 0 Å². The third-order valence-corrected chi connectivity index (χ3v) is 1.72. The molecule has 4 nitrogen and oxygen atoms in total.